The van der Waals surface area contributed by atoms with Gasteiger partial charge in [-0.3, -0.25) is 0 Å². The minimum Gasteiger partial charge on any atom is -0.303 e. The van der Waals surface area contributed by atoms with E-state index < -0.39 is 0 Å². The molecule has 2 fully saturated rings. The Morgan fingerprint density at radius 1 is 0.842 bits per heavy atom. The fraction of sp³-hybridized carbons (Fsp3) is 1.00. The van der Waals surface area contributed by atoms with Crippen LogP contribution in [0.5, 0.6) is 0 Å². The molecule has 0 radical (unpaired) electrons. The van der Waals surface area contributed by atoms with Crippen LogP contribution in [0.4, 0.5) is 0 Å². The summed E-state index contributed by atoms with van der Waals surface area (Å²) in [6.07, 6.45) is 11.4. The summed E-state index contributed by atoms with van der Waals surface area (Å²) in [4.78, 5) is 5.57. The van der Waals surface area contributed by atoms with Crippen LogP contribution in [-0.4, -0.2) is 48.6 Å². The molecular formula is C17H34N2. The first-order valence-electron chi connectivity index (χ1n) is 8.81. The maximum atomic E-state index is 2.84. The average molecular weight is 266 g/mol. The number of piperidine rings is 1. The summed E-state index contributed by atoms with van der Waals surface area (Å²) in [7, 11) is 0. The molecule has 0 bridgehead atoms. The zero-order valence-corrected chi connectivity index (χ0v) is 13.2. The van der Waals surface area contributed by atoms with Crippen LogP contribution in [0.15, 0.2) is 0 Å². The monoisotopic (exact) mass is 266 g/mol. The van der Waals surface area contributed by atoms with Gasteiger partial charge in [-0.1, -0.05) is 26.7 Å². The van der Waals surface area contributed by atoms with Crippen LogP contribution >= 0.6 is 0 Å². The maximum absolute atomic E-state index is 2.84. The van der Waals surface area contributed by atoms with Crippen molar-refractivity contribution >= 4 is 0 Å². The molecule has 0 spiro atoms. The molecule has 0 aromatic heterocycles. The molecule has 2 atom stereocenters. The highest BCUT2D eigenvalue weighted by atomic mass is 15.2. The summed E-state index contributed by atoms with van der Waals surface area (Å²) in [5.41, 5.74) is 0. The van der Waals surface area contributed by atoms with Crippen LogP contribution < -0.4 is 0 Å². The van der Waals surface area contributed by atoms with Gasteiger partial charge in [0.1, 0.15) is 0 Å². The Morgan fingerprint density at radius 3 is 2.47 bits per heavy atom. The van der Waals surface area contributed by atoms with Gasteiger partial charge in [0, 0.05) is 12.6 Å². The molecule has 0 N–H and O–H groups in total. The van der Waals surface area contributed by atoms with Crippen molar-refractivity contribution in [2.75, 3.05) is 32.7 Å². The van der Waals surface area contributed by atoms with E-state index in [1.54, 1.807) is 0 Å². The average Bonchev–Trinajstić information content (AvgIpc) is 2.65. The van der Waals surface area contributed by atoms with Crippen LogP contribution in [0, 0.1) is 5.92 Å². The summed E-state index contributed by atoms with van der Waals surface area (Å²) >= 11 is 0. The summed E-state index contributed by atoms with van der Waals surface area (Å²) in [6, 6.07) is 0.891. The molecule has 0 aliphatic carbocycles. The molecule has 0 aromatic rings. The predicted octanol–water partition coefficient (Wildman–Crippen LogP) is 3.76. The second kappa shape index (κ2) is 8.26. The third-order valence-electron chi connectivity index (χ3n) is 5.05. The zero-order valence-electron chi connectivity index (χ0n) is 13.2. The van der Waals surface area contributed by atoms with E-state index in [-0.39, 0.29) is 0 Å². The molecule has 2 nitrogen and oxygen atoms in total. The van der Waals surface area contributed by atoms with E-state index in [1.165, 1.54) is 84.1 Å². The van der Waals surface area contributed by atoms with E-state index in [2.05, 4.69) is 23.6 Å². The first-order valence-corrected chi connectivity index (χ1v) is 8.81. The number of hydrogen-bond acceptors (Lipinski definition) is 2. The third kappa shape index (κ3) is 4.46. The van der Waals surface area contributed by atoms with Crippen LogP contribution in [0.2, 0.25) is 0 Å². The van der Waals surface area contributed by atoms with Gasteiger partial charge in [0.15, 0.2) is 0 Å². The van der Waals surface area contributed by atoms with Crippen molar-refractivity contribution < 1.29 is 0 Å². The van der Waals surface area contributed by atoms with Crippen molar-refractivity contribution in [2.45, 2.75) is 71.3 Å². The van der Waals surface area contributed by atoms with Crippen LogP contribution in [-0.2, 0) is 0 Å². The molecule has 2 aliphatic heterocycles. The fourth-order valence-corrected chi connectivity index (χ4v) is 4.22. The van der Waals surface area contributed by atoms with Crippen molar-refractivity contribution in [2.24, 2.45) is 5.92 Å². The van der Waals surface area contributed by atoms with Gasteiger partial charge >= 0.3 is 0 Å². The lowest BCUT2D eigenvalue weighted by molar-refractivity contribution is 0.0781. The summed E-state index contributed by atoms with van der Waals surface area (Å²) in [5.74, 6) is 0.949. The molecule has 19 heavy (non-hydrogen) atoms. The summed E-state index contributed by atoms with van der Waals surface area (Å²) < 4.78 is 0. The van der Waals surface area contributed by atoms with Crippen molar-refractivity contribution in [1.29, 1.82) is 0 Å². The Bertz CT molecular complexity index is 239. The first-order chi connectivity index (χ1) is 9.35. The Hall–Kier alpha value is -0.0800. The van der Waals surface area contributed by atoms with Crippen molar-refractivity contribution in [3.63, 3.8) is 0 Å². The van der Waals surface area contributed by atoms with Gasteiger partial charge < -0.3 is 9.80 Å². The number of nitrogens with zero attached hydrogens (tertiary/aromatic N) is 2. The molecule has 2 rings (SSSR count). The smallest absolute Gasteiger partial charge is 0.0136 e. The van der Waals surface area contributed by atoms with Gasteiger partial charge in [0.2, 0.25) is 0 Å². The minimum atomic E-state index is 0.891. The molecule has 2 heterocycles. The molecule has 0 saturated carbocycles. The summed E-state index contributed by atoms with van der Waals surface area (Å²) in [5, 5.41) is 0. The van der Waals surface area contributed by atoms with Gasteiger partial charge in [0.05, 0.1) is 0 Å². The van der Waals surface area contributed by atoms with E-state index in [0.29, 0.717) is 0 Å². The largest absolute Gasteiger partial charge is 0.303 e. The lowest BCUT2D eigenvalue weighted by Crippen LogP contribution is -2.47. The lowest BCUT2D eigenvalue weighted by Gasteiger charge is -2.41. The Balaban J connectivity index is 1.95. The van der Waals surface area contributed by atoms with Crippen molar-refractivity contribution in [1.82, 2.24) is 9.80 Å². The van der Waals surface area contributed by atoms with Gasteiger partial charge in [-0.2, -0.15) is 0 Å². The van der Waals surface area contributed by atoms with Crippen LogP contribution in [0.3, 0.4) is 0 Å². The quantitative estimate of drug-likeness (QED) is 0.747. The van der Waals surface area contributed by atoms with E-state index in [9.17, 15) is 0 Å². The van der Waals surface area contributed by atoms with Gasteiger partial charge in [-0.05, 0) is 70.6 Å². The molecule has 112 valence electrons. The predicted molar refractivity (Wildman–Crippen MR) is 83.6 cm³/mol. The van der Waals surface area contributed by atoms with Gasteiger partial charge in [-0.15, -0.1) is 0 Å². The normalized spacial score (nSPS) is 31.3. The second-order valence-corrected chi connectivity index (χ2v) is 6.66. The molecule has 0 aromatic carbocycles. The van der Waals surface area contributed by atoms with Crippen molar-refractivity contribution in [3.05, 3.63) is 0 Å². The Morgan fingerprint density at radius 2 is 1.68 bits per heavy atom. The highest BCUT2D eigenvalue weighted by Gasteiger charge is 2.31. The van der Waals surface area contributed by atoms with Crippen LogP contribution in [0.1, 0.15) is 65.2 Å². The standard InChI is InChI=1S/C17H34N2/c1-3-11-18-13-8-9-16(15-18)17-10-6-5-7-14-19(17)12-4-2/h16-17H,3-15H2,1-2H3. The first kappa shape index (κ1) is 15.3. The molecule has 2 heteroatoms. The number of hydrogen-bond donors (Lipinski definition) is 0. The zero-order chi connectivity index (χ0) is 13.5. The number of rotatable bonds is 5. The van der Waals surface area contributed by atoms with Crippen LogP contribution in [0.25, 0.3) is 0 Å². The van der Waals surface area contributed by atoms with Gasteiger partial charge in [0.25, 0.3) is 0 Å². The molecule has 2 aliphatic rings. The third-order valence-corrected chi connectivity index (χ3v) is 5.05. The topological polar surface area (TPSA) is 6.48 Å². The molecule has 0 amide bonds. The second-order valence-electron chi connectivity index (χ2n) is 6.66. The van der Waals surface area contributed by atoms with E-state index in [0.717, 1.165) is 12.0 Å². The SMILES string of the molecule is CCCN1CCCC(C2CCCCCN2CCC)C1. The lowest BCUT2D eigenvalue weighted by atomic mass is 9.87. The van der Waals surface area contributed by atoms with E-state index in [1.807, 2.05) is 0 Å². The molecule has 2 saturated heterocycles. The highest BCUT2D eigenvalue weighted by molar-refractivity contribution is 4.86. The Kier molecular flexibility index (Phi) is 6.66. The maximum Gasteiger partial charge on any atom is 0.0136 e. The fourth-order valence-electron chi connectivity index (χ4n) is 4.22. The van der Waals surface area contributed by atoms with E-state index in [4.69, 9.17) is 0 Å². The van der Waals surface area contributed by atoms with Gasteiger partial charge in [-0.25, -0.2) is 0 Å². The molecule has 2 unspecified atom stereocenters. The highest BCUT2D eigenvalue weighted by Crippen LogP contribution is 2.29. The summed E-state index contributed by atoms with van der Waals surface area (Å²) in [6.45, 7) is 11.4. The Labute approximate surface area is 120 Å². The van der Waals surface area contributed by atoms with E-state index >= 15 is 0 Å². The molecular weight excluding hydrogens is 232 g/mol. The minimum absolute atomic E-state index is 0.891. The number of likely N-dealkylation sites (tertiary alicyclic amines) is 2. The van der Waals surface area contributed by atoms with Crippen molar-refractivity contribution in [3.8, 4) is 0 Å².